The van der Waals surface area contributed by atoms with Crippen molar-refractivity contribution in [2.24, 2.45) is 0 Å². The summed E-state index contributed by atoms with van der Waals surface area (Å²) < 4.78 is 0.803. The first-order chi connectivity index (χ1) is 6.80. The predicted molar refractivity (Wildman–Crippen MR) is 55.1 cm³/mol. The molecule has 0 aromatic rings. The molecule has 0 saturated carbocycles. The van der Waals surface area contributed by atoms with Gasteiger partial charge in [-0.15, -0.1) is 0 Å². The van der Waals surface area contributed by atoms with Crippen LogP contribution < -0.4 is 0 Å². The normalized spacial score (nSPS) is 34.7. The lowest BCUT2D eigenvalue weighted by Gasteiger charge is -2.29. The minimum atomic E-state index is -0.574. The predicted octanol–water partition coefficient (Wildman–Crippen LogP) is -0.271. The van der Waals surface area contributed by atoms with Crippen LogP contribution in [0.15, 0.2) is 0 Å². The molecule has 2 heterocycles. The fourth-order valence-electron chi connectivity index (χ4n) is 2.75. The lowest BCUT2D eigenvalue weighted by atomic mass is 9.97. The van der Waals surface area contributed by atoms with Gasteiger partial charge in [-0.25, -0.2) is 4.79 Å². The number of carbonyl (C=O) groups is 2. The van der Waals surface area contributed by atoms with Gasteiger partial charge < -0.3 is 9.38 Å². The molecule has 0 aromatic heterocycles. The fourth-order valence-corrected chi connectivity index (χ4v) is 2.75. The molecule has 5 nitrogen and oxygen atoms in total. The summed E-state index contributed by atoms with van der Waals surface area (Å²) >= 11 is 0. The van der Waals surface area contributed by atoms with Crippen molar-refractivity contribution in [2.75, 3.05) is 41.3 Å². The number of carbonyl (C=O) groups excluding carboxylic acids is 2. The molecule has 15 heavy (non-hydrogen) atoms. The molecule has 2 aliphatic heterocycles. The molecule has 2 fully saturated rings. The van der Waals surface area contributed by atoms with Gasteiger partial charge in [-0.05, 0) is 0 Å². The van der Waals surface area contributed by atoms with E-state index in [2.05, 4.69) is 14.1 Å². The maximum atomic E-state index is 12.1. The van der Waals surface area contributed by atoms with Crippen LogP contribution in [-0.4, -0.2) is 73.0 Å². The van der Waals surface area contributed by atoms with Gasteiger partial charge in [0.15, 0.2) is 5.54 Å². The number of nitrogens with zero attached hydrogens (tertiary/aromatic N) is 3. The lowest BCUT2D eigenvalue weighted by Crippen LogP contribution is -2.52. The number of likely N-dealkylation sites (tertiary alicyclic amines) is 1. The van der Waals surface area contributed by atoms with Crippen molar-refractivity contribution < 1.29 is 14.1 Å². The van der Waals surface area contributed by atoms with E-state index in [0.29, 0.717) is 0 Å². The van der Waals surface area contributed by atoms with E-state index in [1.165, 1.54) is 4.90 Å². The van der Waals surface area contributed by atoms with Gasteiger partial charge in [-0.1, -0.05) is 0 Å². The number of urea groups is 1. The van der Waals surface area contributed by atoms with Crippen LogP contribution in [0.4, 0.5) is 4.79 Å². The number of amides is 3. The van der Waals surface area contributed by atoms with Gasteiger partial charge in [-0.2, -0.15) is 0 Å². The standard InChI is InChI=1S/C10H18N3O2/c1-11-8(14)10(12(2)9(11)15)5-6-13(3,4)7-10/h5-7H2,1-4H3/q+1. The molecule has 0 radical (unpaired) electrons. The molecular formula is C10H18N3O2+. The van der Waals surface area contributed by atoms with E-state index in [1.807, 2.05) is 0 Å². The van der Waals surface area contributed by atoms with E-state index < -0.39 is 5.54 Å². The van der Waals surface area contributed by atoms with Gasteiger partial charge in [-0.3, -0.25) is 9.69 Å². The average molecular weight is 212 g/mol. The Labute approximate surface area is 89.8 Å². The molecular weight excluding hydrogens is 194 g/mol. The van der Waals surface area contributed by atoms with E-state index >= 15 is 0 Å². The third-order valence-electron chi connectivity index (χ3n) is 3.74. The fraction of sp³-hybridized carbons (Fsp3) is 0.800. The Balaban J connectivity index is 2.38. The first kappa shape index (κ1) is 10.4. The Bertz CT molecular complexity index is 340. The minimum absolute atomic E-state index is 0.0429. The molecule has 3 amide bonds. The van der Waals surface area contributed by atoms with Gasteiger partial charge >= 0.3 is 6.03 Å². The van der Waals surface area contributed by atoms with E-state index in [4.69, 9.17) is 0 Å². The van der Waals surface area contributed by atoms with Crippen LogP contribution in [0.1, 0.15) is 6.42 Å². The molecule has 5 heteroatoms. The molecule has 0 aliphatic carbocycles. The molecule has 2 rings (SSSR count). The second kappa shape index (κ2) is 2.72. The lowest BCUT2D eigenvalue weighted by molar-refractivity contribution is -0.879. The monoisotopic (exact) mass is 212 g/mol. The third kappa shape index (κ3) is 1.19. The highest BCUT2D eigenvalue weighted by atomic mass is 16.2. The maximum absolute atomic E-state index is 12.1. The number of hydrogen-bond donors (Lipinski definition) is 0. The van der Waals surface area contributed by atoms with Crippen molar-refractivity contribution in [2.45, 2.75) is 12.0 Å². The Morgan fingerprint density at radius 3 is 2.20 bits per heavy atom. The number of rotatable bonds is 0. The SMILES string of the molecule is CN1C(=O)N(C)C2(CC[N+](C)(C)C2)C1=O. The minimum Gasteiger partial charge on any atom is -0.326 e. The molecule has 2 aliphatic rings. The van der Waals surface area contributed by atoms with Crippen molar-refractivity contribution in [3.8, 4) is 0 Å². The number of hydrogen-bond acceptors (Lipinski definition) is 2. The van der Waals surface area contributed by atoms with Crippen molar-refractivity contribution in [3.63, 3.8) is 0 Å². The van der Waals surface area contributed by atoms with E-state index in [0.717, 1.165) is 24.0 Å². The van der Waals surface area contributed by atoms with Crippen LogP contribution in [0.5, 0.6) is 0 Å². The summed E-state index contributed by atoms with van der Waals surface area (Å²) in [4.78, 5) is 26.7. The highest BCUT2D eigenvalue weighted by Crippen LogP contribution is 2.36. The molecule has 2 saturated heterocycles. The maximum Gasteiger partial charge on any atom is 0.327 e. The zero-order chi connectivity index (χ0) is 11.4. The summed E-state index contributed by atoms with van der Waals surface area (Å²) in [5.41, 5.74) is -0.574. The van der Waals surface area contributed by atoms with Gasteiger partial charge in [0.1, 0.15) is 6.54 Å². The van der Waals surface area contributed by atoms with Crippen molar-refractivity contribution in [1.82, 2.24) is 9.80 Å². The third-order valence-corrected chi connectivity index (χ3v) is 3.74. The van der Waals surface area contributed by atoms with Crippen LogP contribution in [0.2, 0.25) is 0 Å². The van der Waals surface area contributed by atoms with E-state index in [9.17, 15) is 9.59 Å². The molecule has 1 spiro atoms. The molecule has 0 bridgehead atoms. The zero-order valence-corrected chi connectivity index (χ0v) is 9.78. The summed E-state index contributed by atoms with van der Waals surface area (Å²) in [5, 5.41) is 0. The highest BCUT2D eigenvalue weighted by Gasteiger charge is 2.61. The van der Waals surface area contributed by atoms with Gasteiger partial charge in [0.2, 0.25) is 0 Å². The van der Waals surface area contributed by atoms with Crippen molar-refractivity contribution >= 4 is 11.9 Å². The number of imide groups is 1. The van der Waals surface area contributed by atoms with Crippen LogP contribution in [0, 0.1) is 0 Å². The van der Waals surface area contributed by atoms with Crippen molar-refractivity contribution in [3.05, 3.63) is 0 Å². The van der Waals surface area contributed by atoms with Crippen molar-refractivity contribution in [1.29, 1.82) is 0 Å². The van der Waals surface area contributed by atoms with E-state index in [-0.39, 0.29) is 11.9 Å². The highest BCUT2D eigenvalue weighted by molar-refractivity contribution is 6.06. The quantitative estimate of drug-likeness (QED) is 0.409. The summed E-state index contributed by atoms with van der Waals surface area (Å²) in [7, 11) is 7.49. The largest absolute Gasteiger partial charge is 0.327 e. The van der Waals surface area contributed by atoms with Gasteiger partial charge in [0.25, 0.3) is 5.91 Å². The molecule has 0 N–H and O–H groups in total. The Hall–Kier alpha value is -1.10. The first-order valence-electron chi connectivity index (χ1n) is 5.18. The number of quaternary nitrogens is 1. The molecule has 1 atom stereocenters. The molecule has 84 valence electrons. The van der Waals surface area contributed by atoms with Crippen LogP contribution >= 0.6 is 0 Å². The average Bonchev–Trinajstić information content (AvgIpc) is 2.56. The van der Waals surface area contributed by atoms with Crippen LogP contribution in [0.25, 0.3) is 0 Å². The van der Waals surface area contributed by atoms with Crippen LogP contribution in [0.3, 0.4) is 0 Å². The summed E-state index contributed by atoms with van der Waals surface area (Å²) in [6, 6.07) is -0.179. The second-order valence-electron chi connectivity index (χ2n) is 5.30. The second-order valence-corrected chi connectivity index (χ2v) is 5.30. The Morgan fingerprint density at radius 2 is 1.87 bits per heavy atom. The Morgan fingerprint density at radius 1 is 1.27 bits per heavy atom. The van der Waals surface area contributed by atoms with Gasteiger partial charge in [0.05, 0.1) is 20.6 Å². The first-order valence-corrected chi connectivity index (χ1v) is 5.18. The van der Waals surface area contributed by atoms with Gasteiger partial charge in [0, 0.05) is 20.5 Å². The molecule has 0 aromatic carbocycles. The van der Waals surface area contributed by atoms with E-state index in [1.54, 1.807) is 19.0 Å². The Kier molecular flexibility index (Phi) is 1.89. The summed E-state index contributed by atoms with van der Waals surface area (Å²) in [5.74, 6) is -0.0429. The topological polar surface area (TPSA) is 40.6 Å². The summed E-state index contributed by atoms with van der Waals surface area (Å²) in [6.45, 7) is 1.66. The summed E-state index contributed by atoms with van der Waals surface area (Å²) in [6.07, 6.45) is 0.769. The smallest absolute Gasteiger partial charge is 0.326 e. The molecule has 1 unspecified atom stereocenters. The van der Waals surface area contributed by atoms with Crippen LogP contribution in [-0.2, 0) is 4.79 Å². The zero-order valence-electron chi connectivity index (χ0n) is 9.78. The number of likely N-dealkylation sites (N-methyl/N-ethyl adjacent to an activating group) is 3.